The molecule has 1 saturated heterocycles. The lowest BCUT2D eigenvalue weighted by molar-refractivity contribution is 0.215. The van der Waals surface area contributed by atoms with E-state index in [9.17, 15) is 0 Å². The van der Waals surface area contributed by atoms with Crippen LogP contribution < -0.4 is 10.6 Å². The van der Waals surface area contributed by atoms with Crippen molar-refractivity contribution in [3.63, 3.8) is 0 Å². The van der Waals surface area contributed by atoms with E-state index in [0.717, 1.165) is 44.3 Å². The Kier molecular flexibility index (Phi) is 5.92. The Morgan fingerprint density at radius 2 is 2.20 bits per heavy atom. The molecule has 0 bridgehead atoms. The number of furan rings is 1. The van der Waals surface area contributed by atoms with Crippen molar-refractivity contribution in [3.05, 3.63) is 24.2 Å². The van der Waals surface area contributed by atoms with E-state index < -0.39 is 0 Å². The summed E-state index contributed by atoms with van der Waals surface area (Å²) in [6, 6.07) is 4.31. The first kappa shape index (κ1) is 14.9. The Balaban J connectivity index is 1.94. The highest BCUT2D eigenvalue weighted by atomic mass is 16.3. The van der Waals surface area contributed by atoms with Gasteiger partial charge in [-0.2, -0.15) is 0 Å². The highest BCUT2D eigenvalue weighted by molar-refractivity contribution is 5.79. The number of hydrogen-bond acceptors (Lipinski definition) is 3. The van der Waals surface area contributed by atoms with Crippen molar-refractivity contribution in [1.82, 2.24) is 15.5 Å². The van der Waals surface area contributed by atoms with Gasteiger partial charge in [-0.25, -0.2) is 0 Å². The van der Waals surface area contributed by atoms with E-state index in [-0.39, 0.29) is 6.04 Å². The number of hydrogen-bond donors (Lipinski definition) is 2. The molecule has 112 valence electrons. The van der Waals surface area contributed by atoms with Crippen LogP contribution in [0.4, 0.5) is 0 Å². The second kappa shape index (κ2) is 7.94. The van der Waals surface area contributed by atoms with Crippen molar-refractivity contribution in [1.29, 1.82) is 0 Å². The van der Waals surface area contributed by atoms with Gasteiger partial charge in [-0.3, -0.25) is 9.89 Å². The molecule has 2 N–H and O–H groups in total. The summed E-state index contributed by atoms with van der Waals surface area (Å²) in [5, 5.41) is 6.71. The number of nitrogens with zero attached hydrogens (tertiary/aromatic N) is 2. The van der Waals surface area contributed by atoms with Crippen molar-refractivity contribution >= 4 is 5.96 Å². The van der Waals surface area contributed by atoms with E-state index in [1.165, 1.54) is 12.8 Å². The van der Waals surface area contributed by atoms with Gasteiger partial charge in [0.25, 0.3) is 0 Å². The topological polar surface area (TPSA) is 52.8 Å². The van der Waals surface area contributed by atoms with Gasteiger partial charge in [0.1, 0.15) is 5.76 Å². The second-order valence-electron chi connectivity index (χ2n) is 5.15. The van der Waals surface area contributed by atoms with Gasteiger partial charge >= 0.3 is 0 Å². The summed E-state index contributed by atoms with van der Waals surface area (Å²) < 4.78 is 5.61. The number of likely N-dealkylation sites (tertiary alicyclic amines) is 1. The second-order valence-corrected chi connectivity index (χ2v) is 5.15. The Morgan fingerprint density at radius 1 is 1.40 bits per heavy atom. The molecule has 1 aliphatic heterocycles. The molecular weight excluding hydrogens is 252 g/mol. The highest BCUT2D eigenvalue weighted by Gasteiger charge is 2.25. The Morgan fingerprint density at radius 3 is 2.80 bits per heavy atom. The maximum atomic E-state index is 5.61. The van der Waals surface area contributed by atoms with Crippen LogP contribution in [0.5, 0.6) is 0 Å². The lowest BCUT2D eigenvalue weighted by Gasteiger charge is -2.26. The summed E-state index contributed by atoms with van der Waals surface area (Å²) in [5.74, 6) is 1.90. The third-order valence-corrected chi connectivity index (χ3v) is 3.68. The molecule has 0 amide bonds. The standard InChI is InChI=1S/C15H26N4O/c1-3-8-17-15(16-2)18-12-13(14-7-6-11-20-14)19-9-4-5-10-19/h6-7,11,13H,3-5,8-10,12H2,1-2H3,(H2,16,17,18). The Labute approximate surface area is 121 Å². The van der Waals surface area contributed by atoms with Crippen LogP contribution in [0.2, 0.25) is 0 Å². The van der Waals surface area contributed by atoms with Crippen LogP contribution in [0.1, 0.15) is 38.0 Å². The summed E-state index contributed by atoms with van der Waals surface area (Å²) in [7, 11) is 1.81. The van der Waals surface area contributed by atoms with Crippen molar-refractivity contribution < 1.29 is 4.42 Å². The molecule has 0 radical (unpaired) electrons. The number of rotatable bonds is 6. The van der Waals surface area contributed by atoms with Gasteiger partial charge < -0.3 is 15.1 Å². The molecule has 0 aromatic carbocycles. The maximum Gasteiger partial charge on any atom is 0.191 e. The summed E-state index contributed by atoms with van der Waals surface area (Å²) in [6.07, 6.45) is 5.40. The van der Waals surface area contributed by atoms with E-state index in [1.54, 1.807) is 6.26 Å². The molecular formula is C15H26N4O. The van der Waals surface area contributed by atoms with Crippen LogP contribution in [0.15, 0.2) is 27.8 Å². The number of nitrogens with one attached hydrogen (secondary N) is 2. The van der Waals surface area contributed by atoms with Gasteiger partial charge in [-0.15, -0.1) is 0 Å². The zero-order valence-corrected chi connectivity index (χ0v) is 12.6. The summed E-state index contributed by atoms with van der Waals surface area (Å²) >= 11 is 0. The van der Waals surface area contributed by atoms with Crippen molar-refractivity contribution in [2.75, 3.05) is 33.2 Å². The van der Waals surface area contributed by atoms with E-state index in [2.05, 4.69) is 33.5 Å². The lowest BCUT2D eigenvalue weighted by Crippen LogP contribution is -2.42. The fourth-order valence-electron chi connectivity index (χ4n) is 2.60. The average Bonchev–Trinajstić information content (AvgIpc) is 3.16. The Hall–Kier alpha value is -1.49. The number of guanidine groups is 1. The molecule has 0 aliphatic carbocycles. The van der Waals surface area contributed by atoms with Gasteiger partial charge in [-0.1, -0.05) is 6.92 Å². The smallest absolute Gasteiger partial charge is 0.191 e. The van der Waals surface area contributed by atoms with Gasteiger partial charge in [0.05, 0.1) is 12.3 Å². The fourth-order valence-corrected chi connectivity index (χ4v) is 2.60. The van der Waals surface area contributed by atoms with Crippen LogP contribution >= 0.6 is 0 Å². The minimum Gasteiger partial charge on any atom is -0.468 e. The van der Waals surface area contributed by atoms with Crippen molar-refractivity contribution in [2.24, 2.45) is 4.99 Å². The maximum absolute atomic E-state index is 5.61. The molecule has 1 unspecified atom stereocenters. The van der Waals surface area contributed by atoms with Gasteiger partial charge in [-0.05, 0) is 44.5 Å². The normalized spacial score (nSPS) is 18.2. The number of aliphatic imine (C=N–C) groups is 1. The van der Waals surface area contributed by atoms with E-state index in [4.69, 9.17) is 4.42 Å². The monoisotopic (exact) mass is 278 g/mol. The minimum atomic E-state index is 0.285. The molecule has 5 heteroatoms. The fraction of sp³-hybridized carbons (Fsp3) is 0.667. The quantitative estimate of drug-likeness (QED) is 0.617. The zero-order chi connectivity index (χ0) is 14.2. The molecule has 5 nitrogen and oxygen atoms in total. The third-order valence-electron chi connectivity index (χ3n) is 3.68. The summed E-state index contributed by atoms with van der Waals surface area (Å²) in [5.41, 5.74) is 0. The molecule has 0 spiro atoms. The minimum absolute atomic E-state index is 0.285. The molecule has 2 heterocycles. The summed E-state index contributed by atoms with van der Waals surface area (Å²) in [6.45, 7) is 6.20. The SMILES string of the molecule is CCCNC(=NC)NCC(c1ccco1)N1CCCC1. The van der Waals surface area contributed by atoms with Gasteiger partial charge in [0.2, 0.25) is 0 Å². The third kappa shape index (κ3) is 4.00. The Bertz CT molecular complexity index is 396. The molecule has 0 saturated carbocycles. The van der Waals surface area contributed by atoms with Crippen molar-refractivity contribution in [3.8, 4) is 0 Å². The first-order chi connectivity index (χ1) is 9.85. The van der Waals surface area contributed by atoms with Crippen molar-refractivity contribution in [2.45, 2.75) is 32.2 Å². The molecule has 1 aromatic heterocycles. The molecule has 1 aromatic rings. The van der Waals surface area contributed by atoms with Crippen LogP contribution in [-0.4, -0.2) is 44.1 Å². The first-order valence-electron chi connectivity index (χ1n) is 7.57. The predicted molar refractivity (Wildman–Crippen MR) is 81.9 cm³/mol. The van der Waals surface area contributed by atoms with Crippen LogP contribution in [0.3, 0.4) is 0 Å². The van der Waals surface area contributed by atoms with E-state index in [0.29, 0.717) is 0 Å². The molecule has 1 atom stereocenters. The van der Waals surface area contributed by atoms with Crippen LogP contribution in [0.25, 0.3) is 0 Å². The largest absolute Gasteiger partial charge is 0.468 e. The molecule has 20 heavy (non-hydrogen) atoms. The zero-order valence-electron chi connectivity index (χ0n) is 12.6. The molecule has 1 fully saturated rings. The lowest BCUT2D eigenvalue weighted by atomic mass is 10.2. The predicted octanol–water partition coefficient (Wildman–Crippen LogP) is 1.99. The van der Waals surface area contributed by atoms with Gasteiger partial charge in [0.15, 0.2) is 5.96 Å². The van der Waals surface area contributed by atoms with E-state index >= 15 is 0 Å². The van der Waals surface area contributed by atoms with Crippen LogP contribution in [-0.2, 0) is 0 Å². The molecule has 1 aliphatic rings. The van der Waals surface area contributed by atoms with E-state index in [1.807, 2.05) is 13.1 Å². The van der Waals surface area contributed by atoms with Crippen LogP contribution in [0, 0.1) is 0 Å². The molecule has 2 rings (SSSR count). The first-order valence-corrected chi connectivity index (χ1v) is 7.57. The highest BCUT2D eigenvalue weighted by Crippen LogP contribution is 2.24. The average molecular weight is 278 g/mol. The summed E-state index contributed by atoms with van der Waals surface area (Å²) in [4.78, 5) is 6.74. The van der Waals surface area contributed by atoms with Gasteiger partial charge in [0, 0.05) is 20.1 Å².